The third kappa shape index (κ3) is 5.48. The van der Waals surface area contributed by atoms with Crippen LogP contribution in [0, 0.1) is 5.92 Å². The van der Waals surface area contributed by atoms with Crippen molar-refractivity contribution in [1.29, 1.82) is 0 Å². The molecule has 0 spiro atoms. The maximum atomic E-state index is 11.6. The number of rotatable bonds is 5. The lowest BCUT2D eigenvalue weighted by Gasteiger charge is -2.08. The van der Waals surface area contributed by atoms with Crippen LogP contribution in [0.4, 0.5) is 11.4 Å². The number of benzene rings is 1. The Hall–Kier alpha value is -1.84. The molecule has 0 aromatic heterocycles. The van der Waals surface area contributed by atoms with E-state index in [2.05, 4.69) is 24.5 Å². The molecular weight excluding hydrogens is 228 g/mol. The fraction of sp³-hybridized carbons (Fsp3) is 0.429. The lowest BCUT2D eigenvalue weighted by molar-refractivity contribution is -0.116. The molecule has 0 radical (unpaired) electrons. The van der Waals surface area contributed by atoms with Crippen molar-refractivity contribution in [2.45, 2.75) is 33.6 Å². The van der Waals surface area contributed by atoms with Gasteiger partial charge in [-0.1, -0.05) is 13.8 Å². The molecule has 18 heavy (non-hydrogen) atoms. The van der Waals surface area contributed by atoms with Crippen LogP contribution in [-0.4, -0.2) is 11.8 Å². The Balaban J connectivity index is 2.48. The predicted octanol–water partition coefficient (Wildman–Crippen LogP) is 3.02. The first-order chi connectivity index (χ1) is 8.47. The molecule has 0 unspecified atom stereocenters. The molecule has 0 atom stereocenters. The molecule has 1 aromatic carbocycles. The summed E-state index contributed by atoms with van der Waals surface area (Å²) in [6.07, 6.45) is 1.42. The molecule has 2 N–H and O–H groups in total. The minimum absolute atomic E-state index is 0.0241. The zero-order valence-corrected chi connectivity index (χ0v) is 11.1. The number of amides is 2. The molecule has 1 aromatic rings. The van der Waals surface area contributed by atoms with E-state index in [0.29, 0.717) is 12.3 Å². The quantitative estimate of drug-likeness (QED) is 0.841. The highest BCUT2D eigenvalue weighted by atomic mass is 16.2. The molecule has 1 rings (SSSR count). The lowest BCUT2D eigenvalue weighted by atomic mass is 10.1. The second-order valence-corrected chi connectivity index (χ2v) is 4.74. The van der Waals surface area contributed by atoms with Crippen molar-refractivity contribution in [3.8, 4) is 0 Å². The van der Waals surface area contributed by atoms with Gasteiger partial charge in [-0.25, -0.2) is 0 Å². The van der Waals surface area contributed by atoms with Crippen molar-refractivity contribution in [2.75, 3.05) is 10.6 Å². The Morgan fingerprint density at radius 2 is 1.56 bits per heavy atom. The van der Waals surface area contributed by atoms with Crippen molar-refractivity contribution in [3.05, 3.63) is 24.3 Å². The first-order valence-corrected chi connectivity index (χ1v) is 6.15. The fourth-order valence-electron chi connectivity index (χ4n) is 1.48. The third-order valence-electron chi connectivity index (χ3n) is 2.44. The summed E-state index contributed by atoms with van der Waals surface area (Å²) in [7, 11) is 0. The Morgan fingerprint density at radius 1 is 1.06 bits per heavy atom. The zero-order valence-electron chi connectivity index (χ0n) is 11.1. The molecule has 0 fully saturated rings. The molecule has 98 valence electrons. The van der Waals surface area contributed by atoms with E-state index >= 15 is 0 Å². The van der Waals surface area contributed by atoms with Crippen molar-refractivity contribution >= 4 is 23.2 Å². The zero-order chi connectivity index (χ0) is 13.5. The van der Waals surface area contributed by atoms with Crippen molar-refractivity contribution < 1.29 is 9.59 Å². The molecule has 0 aliphatic rings. The molecule has 0 saturated carbocycles. The topological polar surface area (TPSA) is 58.2 Å². The first kappa shape index (κ1) is 14.2. The van der Waals surface area contributed by atoms with Gasteiger partial charge in [0.15, 0.2) is 0 Å². The predicted molar refractivity (Wildman–Crippen MR) is 73.4 cm³/mol. The van der Waals surface area contributed by atoms with Crippen molar-refractivity contribution in [2.24, 2.45) is 5.92 Å². The van der Waals surface area contributed by atoms with Crippen LogP contribution < -0.4 is 10.6 Å². The number of carbonyl (C=O) groups excluding carboxylic acids is 2. The number of carbonyl (C=O) groups is 2. The molecule has 0 heterocycles. The fourth-order valence-corrected chi connectivity index (χ4v) is 1.48. The van der Waals surface area contributed by atoms with Gasteiger partial charge in [-0.3, -0.25) is 9.59 Å². The average molecular weight is 248 g/mol. The van der Waals surface area contributed by atoms with Gasteiger partial charge in [0.05, 0.1) is 0 Å². The Morgan fingerprint density at radius 3 is 2.00 bits per heavy atom. The van der Waals surface area contributed by atoms with Gasteiger partial charge in [0.1, 0.15) is 0 Å². The monoisotopic (exact) mass is 248 g/mol. The van der Waals surface area contributed by atoms with E-state index in [1.807, 2.05) is 0 Å². The van der Waals surface area contributed by atoms with Crippen LogP contribution in [0.1, 0.15) is 33.6 Å². The van der Waals surface area contributed by atoms with Crippen LogP contribution in [-0.2, 0) is 9.59 Å². The maximum absolute atomic E-state index is 11.6. The summed E-state index contributed by atoms with van der Waals surface area (Å²) in [6, 6.07) is 7.08. The largest absolute Gasteiger partial charge is 0.326 e. The van der Waals surface area contributed by atoms with E-state index in [-0.39, 0.29) is 11.8 Å². The van der Waals surface area contributed by atoms with Crippen LogP contribution in [0.2, 0.25) is 0 Å². The summed E-state index contributed by atoms with van der Waals surface area (Å²) in [6.45, 7) is 5.65. The van der Waals surface area contributed by atoms with E-state index in [1.165, 1.54) is 6.92 Å². The normalized spacial score (nSPS) is 10.2. The van der Waals surface area contributed by atoms with E-state index in [1.54, 1.807) is 24.3 Å². The summed E-state index contributed by atoms with van der Waals surface area (Å²) >= 11 is 0. The van der Waals surface area contributed by atoms with Crippen LogP contribution >= 0.6 is 0 Å². The third-order valence-corrected chi connectivity index (χ3v) is 2.44. The molecule has 2 amide bonds. The van der Waals surface area contributed by atoms with E-state index in [0.717, 1.165) is 17.8 Å². The number of hydrogen-bond donors (Lipinski definition) is 2. The maximum Gasteiger partial charge on any atom is 0.224 e. The highest BCUT2D eigenvalue weighted by Crippen LogP contribution is 2.14. The SMILES string of the molecule is CC(=O)Nc1ccc(NC(=O)CCC(C)C)cc1. The minimum atomic E-state index is -0.108. The van der Waals surface area contributed by atoms with E-state index < -0.39 is 0 Å². The van der Waals surface area contributed by atoms with E-state index in [9.17, 15) is 9.59 Å². The van der Waals surface area contributed by atoms with Gasteiger partial charge >= 0.3 is 0 Å². The van der Waals surface area contributed by atoms with Crippen molar-refractivity contribution in [1.82, 2.24) is 0 Å². The van der Waals surface area contributed by atoms with Crippen molar-refractivity contribution in [3.63, 3.8) is 0 Å². The highest BCUT2D eigenvalue weighted by Gasteiger charge is 2.04. The Bertz CT molecular complexity index is 410. The van der Waals surface area contributed by atoms with Crippen LogP contribution in [0.5, 0.6) is 0 Å². The molecule has 0 aliphatic carbocycles. The summed E-state index contributed by atoms with van der Waals surface area (Å²) in [5.74, 6) is 0.442. The molecule has 4 heteroatoms. The lowest BCUT2D eigenvalue weighted by Crippen LogP contribution is -2.12. The second kappa shape index (κ2) is 6.79. The standard InChI is InChI=1S/C14H20N2O2/c1-10(2)4-9-14(18)16-13-7-5-12(6-8-13)15-11(3)17/h5-8,10H,4,9H2,1-3H3,(H,15,17)(H,16,18). The minimum Gasteiger partial charge on any atom is -0.326 e. The molecular formula is C14H20N2O2. The van der Waals surface area contributed by atoms with Crippen LogP contribution in [0.15, 0.2) is 24.3 Å². The number of nitrogens with one attached hydrogen (secondary N) is 2. The second-order valence-electron chi connectivity index (χ2n) is 4.74. The Kier molecular flexibility index (Phi) is 5.36. The molecule has 0 bridgehead atoms. The van der Waals surface area contributed by atoms with Gasteiger partial charge in [-0.05, 0) is 36.6 Å². The highest BCUT2D eigenvalue weighted by molar-refractivity contribution is 5.92. The van der Waals surface area contributed by atoms with E-state index in [4.69, 9.17) is 0 Å². The first-order valence-electron chi connectivity index (χ1n) is 6.15. The van der Waals surface area contributed by atoms with Gasteiger partial charge in [0.25, 0.3) is 0 Å². The van der Waals surface area contributed by atoms with Gasteiger partial charge < -0.3 is 10.6 Å². The summed E-state index contributed by atoms with van der Waals surface area (Å²) < 4.78 is 0. The van der Waals surface area contributed by atoms with Gasteiger partial charge in [-0.15, -0.1) is 0 Å². The molecule has 0 aliphatic heterocycles. The average Bonchev–Trinajstić information content (AvgIpc) is 2.28. The van der Waals surface area contributed by atoms with Gasteiger partial charge in [-0.2, -0.15) is 0 Å². The Labute approximate surface area is 108 Å². The molecule has 0 saturated heterocycles. The van der Waals surface area contributed by atoms with Crippen LogP contribution in [0.3, 0.4) is 0 Å². The number of hydrogen-bond acceptors (Lipinski definition) is 2. The number of anilines is 2. The summed E-state index contributed by atoms with van der Waals surface area (Å²) in [5, 5.41) is 5.50. The smallest absolute Gasteiger partial charge is 0.224 e. The van der Waals surface area contributed by atoms with Gasteiger partial charge in [0.2, 0.25) is 11.8 Å². The van der Waals surface area contributed by atoms with Crippen LogP contribution in [0.25, 0.3) is 0 Å². The van der Waals surface area contributed by atoms with Gasteiger partial charge in [0, 0.05) is 24.7 Å². The molecule has 4 nitrogen and oxygen atoms in total. The summed E-state index contributed by atoms with van der Waals surface area (Å²) in [5.41, 5.74) is 1.47. The summed E-state index contributed by atoms with van der Waals surface area (Å²) in [4.78, 5) is 22.4.